The van der Waals surface area contributed by atoms with E-state index < -0.39 is 10.0 Å². The number of aryl methyl sites for hydroxylation is 2. The van der Waals surface area contributed by atoms with Gasteiger partial charge in [-0.2, -0.15) is 4.31 Å². The van der Waals surface area contributed by atoms with Crippen LogP contribution in [0.2, 0.25) is 5.02 Å². The fourth-order valence-electron chi connectivity index (χ4n) is 2.76. The first-order valence-corrected chi connectivity index (χ1v) is 10.9. The number of amides is 1. The Morgan fingerprint density at radius 2 is 1.61 bits per heavy atom. The van der Waals surface area contributed by atoms with E-state index in [0.29, 0.717) is 29.5 Å². The van der Waals surface area contributed by atoms with Gasteiger partial charge in [-0.25, -0.2) is 8.42 Å². The lowest BCUT2D eigenvalue weighted by molar-refractivity contribution is -0.114. The average molecular weight is 424 g/mol. The maximum Gasteiger partial charge on any atom is 0.243 e. The number of rotatable bonds is 8. The molecule has 0 aliphatic heterocycles. The Bertz CT molecular complexity index is 957. The van der Waals surface area contributed by atoms with Crippen LogP contribution in [0.5, 0.6) is 0 Å². The molecule has 1 amide bonds. The van der Waals surface area contributed by atoms with Crippen LogP contribution >= 0.6 is 11.6 Å². The van der Waals surface area contributed by atoms with Crippen LogP contribution in [0, 0.1) is 13.8 Å². The largest absolute Gasteiger partial charge is 0.376 e. The number of carbonyl (C=O) groups excluding carboxylic acids is 1. The SMILES string of the molecule is CCN(CC)S(=O)(=O)c1ccc(C)c(NCC(=O)Nc2cc(Cl)ccc2C)c1. The van der Waals surface area contributed by atoms with Gasteiger partial charge in [-0.1, -0.05) is 37.6 Å². The molecule has 0 aliphatic carbocycles. The third-order valence-corrected chi connectivity index (χ3v) is 6.75. The number of benzene rings is 2. The van der Waals surface area contributed by atoms with Gasteiger partial charge in [0.05, 0.1) is 11.4 Å². The molecule has 0 aromatic heterocycles. The predicted molar refractivity (Wildman–Crippen MR) is 115 cm³/mol. The topological polar surface area (TPSA) is 78.5 Å². The molecule has 0 radical (unpaired) electrons. The highest BCUT2D eigenvalue weighted by Crippen LogP contribution is 2.23. The van der Waals surface area contributed by atoms with Gasteiger partial charge in [0.25, 0.3) is 0 Å². The van der Waals surface area contributed by atoms with Gasteiger partial charge in [0.2, 0.25) is 15.9 Å². The summed E-state index contributed by atoms with van der Waals surface area (Å²) < 4.78 is 26.8. The lowest BCUT2D eigenvalue weighted by Crippen LogP contribution is -2.30. The average Bonchev–Trinajstić information content (AvgIpc) is 2.64. The van der Waals surface area contributed by atoms with E-state index >= 15 is 0 Å². The number of nitrogens with one attached hydrogen (secondary N) is 2. The van der Waals surface area contributed by atoms with Gasteiger partial charge in [0.15, 0.2) is 0 Å². The highest BCUT2D eigenvalue weighted by atomic mass is 35.5. The molecule has 0 spiro atoms. The fraction of sp³-hybridized carbons (Fsp3) is 0.350. The van der Waals surface area contributed by atoms with Crippen molar-refractivity contribution in [1.82, 2.24) is 4.31 Å². The summed E-state index contributed by atoms with van der Waals surface area (Å²) in [6.45, 7) is 8.14. The number of halogens is 1. The number of hydrogen-bond acceptors (Lipinski definition) is 4. The van der Waals surface area contributed by atoms with Gasteiger partial charge in [-0.05, 0) is 49.2 Å². The van der Waals surface area contributed by atoms with E-state index in [9.17, 15) is 13.2 Å². The normalized spacial score (nSPS) is 11.5. The smallest absolute Gasteiger partial charge is 0.243 e. The number of carbonyl (C=O) groups is 1. The van der Waals surface area contributed by atoms with E-state index in [1.54, 1.807) is 44.2 Å². The second-order valence-corrected chi connectivity index (χ2v) is 8.80. The first kappa shape index (κ1) is 22.2. The molecule has 2 aromatic carbocycles. The monoisotopic (exact) mass is 423 g/mol. The Labute approximate surface area is 171 Å². The van der Waals surface area contributed by atoms with Crippen molar-refractivity contribution in [1.29, 1.82) is 0 Å². The summed E-state index contributed by atoms with van der Waals surface area (Å²) >= 11 is 5.98. The van der Waals surface area contributed by atoms with Crippen molar-refractivity contribution in [2.45, 2.75) is 32.6 Å². The zero-order valence-corrected chi connectivity index (χ0v) is 18.1. The fourth-order valence-corrected chi connectivity index (χ4v) is 4.42. The van der Waals surface area contributed by atoms with Crippen LogP contribution < -0.4 is 10.6 Å². The minimum atomic E-state index is -3.56. The molecule has 28 heavy (non-hydrogen) atoms. The van der Waals surface area contributed by atoms with E-state index in [0.717, 1.165) is 11.1 Å². The summed E-state index contributed by atoms with van der Waals surface area (Å²) in [5.74, 6) is -0.248. The van der Waals surface area contributed by atoms with Crippen molar-refractivity contribution in [3.05, 3.63) is 52.5 Å². The van der Waals surface area contributed by atoms with Crippen LogP contribution in [-0.4, -0.2) is 38.3 Å². The van der Waals surface area contributed by atoms with E-state index in [4.69, 9.17) is 11.6 Å². The third-order valence-electron chi connectivity index (χ3n) is 4.47. The molecule has 6 nitrogen and oxygen atoms in total. The Hall–Kier alpha value is -2.09. The first-order chi connectivity index (χ1) is 13.2. The zero-order valence-electron chi connectivity index (χ0n) is 16.5. The molecule has 0 atom stereocenters. The summed E-state index contributed by atoms with van der Waals surface area (Å²) in [6.07, 6.45) is 0. The van der Waals surface area contributed by atoms with Crippen LogP contribution in [0.15, 0.2) is 41.3 Å². The molecular formula is C20H26ClN3O3S. The zero-order chi connectivity index (χ0) is 20.9. The molecule has 2 N–H and O–H groups in total. The van der Waals surface area contributed by atoms with Crippen molar-refractivity contribution in [3.63, 3.8) is 0 Å². The Morgan fingerprint density at radius 1 is 1.00 bits per heavy atom. The number of hydrogen-bond donors (Lipinski definition) is 2. The van der Waals surface area contributed by atoms with Crippen LogP contribution in [0.25, 0.3) is 0 Å². The van der Waals surface area contributed by atoms with Gasteiger partial charge in [-0.3, -0.25) is 4.79 Å². The highest BCUT2D eigenvalue weighted by Gasteiger charge is 2.22. The van der Waals surface area contributed by atoms with E-state index in [1.165, 1.54) is 4.31 Å². The minimum absolute atomic E-state index is 0.00155. The van der Waals surface area contributed by atoms with Gasteiger partial charge >= 0.3 is 0 Å². The van der Waals surface area contributed by atoms with Crippen molar-refractivity contribution in [2.24, 2.45) is 0 Å². The first-order valence-electron chi connectivity index (χ1n) is 9.09. The molecule has 152 valence electrons. The Balaban J connectivity index is 2.14. The lowest BCUT2D eigenvalue weighted by Gasteiger charge is -2.19. The Kier molecular flexibility index (Phi) is 7.46. The summed E-state index contributed by atoms with van der Waals surface area (Å²) in [4.78, 5) is 12.5. The van der Waals surface area contributed by atoms with Crippen LogP contribution in [0.4, 0.5) is 11.4 Å². The standard InChI is InChI=1S/C20H26ClN3O3S/c1-5-24(6-2)28(26,27)17-10-8-14(3)18(12-17)22-13-20(25)23-19-11-16(21)9-7-15(19)4/h7-12,22H,5-6,13H2,1-4H3,(H,23,25). The molecule has 0 saturated carbocycles. The van der Waals surface area contributed by atoms with Crippen molar-refractivity contribution in [3.8, 4) is 0 Å². The van der Waals surface area contributed by atoms with Crippen molar-refractivity contribution < 1.29 is 13.2 Å². The third kappa shape index (κ3) is 5.25. The van der Waals surface area contributed by atoms with Crippen LogP contribution in [0.1, 0.15) is 25.0 Å². The van der Waals surface area contributed by atoms with E-state index in [-0.39, 0.29) is 17.3 Å². The maximum atomic E-state index is 12.7. The predicted octanol–water partition coefficient (Wildman–Crippen LogP) is 4.04. The quantitative estimate of drug-likeness (QED) is 0.671. The molecule has 0 unspecified atom stereocenters. The number of anilines is 2. The second kappa shape index (κ2) is 9.41. The molecular weight excluding hydrogens is 398 g/mol. The van der Waals surface area contributed by atoms with Gasteiger partial charge in [0, 0.05) is 29.5 Å². The summed E-state index contributed by atoms with van der Waals surface area (Å²) in [5, 5.41) is 6.38. The van der Waals surface area contributed by atoms with Crippen molar-refractivity contribution in [2.75, 3.05) is 30.3 Å². The highest BCUT2D eigenvalue weighted by molar-refractivity contribution is 7.89. The van der Waals surface area contributed by atoms with Crippen LogP contribution in [0.3, 0.4) is 0 Å². The number of nitrogens with zero attached hydrogens (tertiary/aromatic N) is 1. The molecule has 0 saturated heterocycles. The van der Waals surface area contributed by atoms with Crippen molar-refractivity contribution >= 4 is 38.9 Å². The van der Waals surface area contributed by atoms with Gasteiger partial charge in [0.1, 0.15) is 0 Å². The molecule has 2 aromatic rings. The maximum absolute atomic E-state index is 12.7. The van der Waals surface area contributed by atoms with E-state index in [2.05, 4.69) is 10.6 Å². The second-order valence-electron chi connectivity index (χ2n) is 6.43. The van der Waals surface area contributed by atoms with Gasteiger partial charge in [-0.15, -0.1) is 0 Å². The molecule has 0 fully saturated rings. The molecule has 2 rings (SSSR count). The van der Waals surface area contributed by atoms with Gasteiger partial charge < -0.3 is 10.6 Å². The summed E-state index contributed by atoms with van der Waals surface area (Å²) in [5.41, 5.74) is 3.01. The van der Waals surface area contributed by atoms with E-state index in [1.807, 2.05) is 19.9 Å². The molecule has 0 heterocycles. The van der Waals surface area contributed by atoms with Crippen LogP contribution in [-0.2, 0) is 14.8 Å². The summed E-state index contributed by atoms with van der Waals surface area (Å²) in [7, 11) is -3.56. The molecule has 0 bridgehead atoms. The minimum Gasteiger partial charge on any atom is -0.376 e. The molecule has 8 heteroatoms. The molecule has 0 aliphatic rings. The summed E-state index contributed by atoms with van der Waals surface area (Å²) in [6, 6.07) is 10.2. The lowest BCUT2D eigenvalue weighted by atomic mass is 10.2. The Morgan fingerprint density at radius 3 is 2.25 bits per heavy atom. The number of sulfonamides is 1.